The van der Waals surface area contributed by atoms with Gasteiger partial charge in [0.2, 0.25) is 0 Å². The molecule has 0 aliphatic rings. The van der Waals surface area contributed by atoms with E-state index in [9.17, 15) is 4.79 Å². The van der Waals surface area contributed by atoms with Crippen molar-refractivity contribution in [3.05, 3.63) is 69.3 Å². The molecule has 0 N–H and O–H groups in total. The highest BCUT2D eigenvalue weighted by Crippen LogP contribution is 2.27. The molecule has 0 atom stereocenters. The van der Waals surface area contributed by atoms with Crippen molar-refractivity contribution in [3.8, 4) is 0 Å². The smallest absolute Gasteiger partial charge is 0.302 e. The molecular weight excluding hydrogens is 345 g/mol. The zero-order chi connectivity index (χ0) is 17.3. The molecule has 3 nitrogen and oxygen atoms in total. The molecule has 2 aromatic carbocycles. The molecule has 0 radical (unpaired) electrons. The molecule has 0 amide bonds. The van der Waals surface area contributed by atoms with E-state index in [0.717, 1.165) is 22.0 Å². The lowest BCUT2D eigenvalue weighted by molar-refractivity contribution is -0.142. The first kappa shape index (κ1) is 16.9. The first-order valence-electron chi connectivity index (χ1n) is 7.59. The van der Waals surface area contributed by atoms with Crippen LogP contribution >= 0.6 is 23.2 Å². The number of hydrogen-bond acceptors (Lipinski definition) is 2. The van der Waals surface area contributed by atoms with E-state index >= 15 is 0 Å². The second-order valence-electron chi connectivity index (χ2n) is 5.83. The van der Waals surface area contributed by atoms with Crippen LogP contribution in [0, 0.1) is 6.92 Å². The number of halogens is 2. The quantitative estimate of drug-likeness (QED) is 0.585. The van der Waals surface area contributed by atoms with Crippen molar-refractivity contribution in [2.45, 2.75) is 27.0 Å². The van der Waals surface area contributed by atoms with Gasteiger partial charge in [-0.15, -0.1) is 0 Å². The van der Waals surface area contributed by atoms with Crippen LogP contribution in [0.4, 0.5) is 0 Å². The number of benzene rings is 2. The van der Waals surface area contributed by atoms with E-state index in [1.807, 2.05) is 25.3 Å². The monoisotopic (exact) mass is 361 g/mol. The summed E-state index contributed by atoms with van der Waals surface area (Å²) in [6.45, 7) is 4.39. The Morgan fingerprint density at radius 1 is 1.12 bits per heavy atom. The number of carbonyl (C=O) groups is 1. The van der Waals surface area contributed by atoms with Crippen LogP contribution in [-0.2, 0) is 22.7 Å². The van der Waals surface area contributed by atoms with Crippen LogP contribution in [-0.4, -0.2) is 10.5 Å². The zero-order valence-corrected chi connectivity index (χ0v) is 15.0. The van der Waals surface area contributed by atoms with Gasteiger partial charge in [-0.3, -0.25) is 4.79 Å². The Morgan fingerprint density at radius 2 is 1.92 bits per heavy atom. The molecule has 0 aliphatic heterocycles. The molecule has 0 fully saturated rings. The lowest BCUT2D eigenvalue weighted by Gasteiger charge is -2.07. The largest absolute Gasteiger partial charge is 0.461 e. The summed E-state index contributed by atoms with van der Waals surface area (Å²) in [5.41, 5.74) is 4.30. The van der Waals surface area contributed by atoms with Crippen molar-refractivity contribution in [1.29, 1.82) is 0 Å². The number of aromatic nitrogens is 1. The third kappa shape index (κ3) is 3.58. The van der Waals surface area contributed by atoms with Gasteiger partial charge >= 0.3 is 5.97 Å². The van der Waals surface area contributed by atoms with Gasteiger partial charge in [-0.2, -0.15) is 0 Å². The van der Waals surface area contributed by atoms with E-state index < -0.39 is 0 Å². The molecule has 0 unspecified atom stereocenters. The molecular formula is C19H17Cl2NO2. The van der Waals surface area contributed by atoms with Crippen LogP contribution in [0.2, 0.25) is 10.0 Å². The number of aryl methyl sites for hydroxylation is 1. The standard InChI is InChI=1S/C19H17Cl2NO2/c1-12-3-6-19-16(7-12)15(11-24-13(2)23)10-22(19)9-14-4-5-17(20)18(21)8-14/h3-8,10H,9,11H2,1-2H3. The number of rotatable bonds is 4. The van der Waals surface area contributed by atoms with Crippen molar-refractivity contribution < 1.29 is 9.53 Å². The van der Waals surface area contributed by atoms with E-state index in [1.54, 1.807) is 6.07 Å². The molecule has 124 valence electrons. The first-order chi connectivity index (χ1) is 11.4. The number of nitrogens with zero attached hydrogens (tertiary/aromatic N) is 1. The predicted octanol–water partition coefficient (Wildman–Crippen LogP) is 5.37. The molecule has 24 heavy (non-hydrogen) atoms. The van der Waals surface area contributed by atoms with Crippen molar-refractivity contribution in [2.75, 3.05) is 0 Å². The summed E-state index contributed by atoms with van der Waals surface area (Å²) in [5.74, 6) is -0.284. The molecule has 0 saturated heterocycles. The number of esters is 1. The third-order valence-electron chi connectivity index (χ3n) is 3.89. The summed E-state index contributed by atoms with van der Waals surface area (Å²) >= 11 is 12.1. The Kier molecular flexibility index (Phi) is 4.83. The minimum Gasteiger partial charge on any atom is -0.461 e. The Morgan fingerprint density at radius 3 is 2.62 bits per heavy atom. The van der Waals surface area contributed by atoms with Crippen molar-refractivity contribution >= 4 is 40.1 Å². The Hall–Kier alpha value is -1.97. The van der Waals surface area contributed by atoms with Crippen LogP contribution in [0.1, 0.15) is 23.6 Å². The summed E-state index contributed by atoms with van der Waals surface area (Å²) in [6, 6.07) is 11.9. The minimum absolute atomic E-state index is 0.268. The average Bonchev–Trinajstić information content (AvgIpc) is 2.86. The number of hydrogen-bond donors (Lipinski definition) is 0. The molecule has 3 aromatic rings. The summed E-state index contributed by atoms with van der Waals surface area (Å²) in [7, 11) is 0. The van der Waals surface area contributed by atoms with Gasteiger partial charge in [-0.1, -0.05) is 40.9 Å². The fourth-order valence-corrected chi connectivity index (χ4v) is 3.07. The highest BCUT2D eigenvalue weighted by molar-refractivity contribution is 6.42. The first-order valence-corrected chi connectivity index (χ1v) is 8.35. The third-order valence-corrected chi connectivity index (χ3v) is 4.63. The highest BCUT2D eigenvalue weighted by atomic mass is 35.5. The molecule has 1 heterocycles. The summed E-state index contributed by atoms with van der Waals surface area (Å²) in [5, 5.41) is 2.18. The number of ether oxygens (including phenoxy) is 1. The van der Waals surface area contributed by atoms with Crippen molar-refractivity contribution in [1.82, 2.24) is 4.57 Å². The normalized spacial score (nSPS) is 11.0. The summed E-state index contributed by atoms with van der Waals surface area (Å²) < 4.78 is 7.32. The van der Waals surface area contributed by atoms with Gasteiger partial charge in [0, 0.05) is 36.1 Å². The van der Waals surface area contributed by atoms with E-state index in [0.29, 0.717) is 16.6 Å². The average molecular weight is 362 g/mol. The summed E-state index contributed by atoms with van der Waals surface area (Å²) in [6.07, 6.45) is 2.02. The lowest BCUT2D eigenvalue weighted by Crippen LogP contribution is -1.99. The molecule has 0 bridgehead atoms. The lowest BCUT2D eigenvalue weighted by atomic mass is 10.1. The molecule has 0 spiro atoms. The number of carbonyl (C=O) groups excluding carboxylic acids is 1. The fraction of sp³-hybridized carbons (Fsp3) is 0.211. The van der Waals surface area contributed by atoms with Gasteiger partial charge in [0.05, 0.1) is 10.0 Å². The summed E-state index contributed by atoms with van der Waals surface area (Å²) in [4.78, 5) is 11.1. The molecule has 5 heteroatoms. The van der Waals surface area contributed by atoms with Crippen molar-refractivity contribution in [2.24, 2.45) is 0 Å². The van der Waals surface area contributed by atoms with Gasteiger partial charge in [-0.25, -0.2) is 0 Å². The van der Waals surface area contributed by atoms with Gasteiger partial charge < -0.3 is 9.30 Å². The van der Waals surface area contributed by atoms with Gasteiger partial charge in [0.1, 0.15) is 6.61 Å². The van der Waals surface area contributed by atoms with Crippen LogP contribution in [0.5, 0.6) is 0 Å². The Labute approximate surface area is 150 Å². The maximum atomic E-state index is 11.1. The fourth-order valence-electron chi connectivity index (χ4n) is 2.74. The predicted molar refractivity (Wildman–Crippen MR) is 97.7 cm³/mol. The van der Waals surface area contributed by atoms with Crippen LogP contribution < -0.4 is 0 Å². The van der Waals surface area contributed by atoms with Crippen molar-refractivity contribution in [3.63, 3.8) is 0 Å². The van der Waals surface area contributed by atoms with E-state index in [1.165, 1.54) is 12.5 Å². The molecule has 3 rings (SSSR count). The van der Waals surface area contributed by atoms with Gasteiger partial charge in [-0.05, 0) is 36.8 Å². The minimum atomic E-state index is -0.284. The van der Waals surface area contributed by atoms with Crippen LogP contribution in [0.15, 0.2) is 42.6 Å². The molecule has 0 aliphatic carbocycles. The Balaban J connectivity index is 2.00. The highest BCUT2D eigenvalue weighted by Gasteiger charge is 2.11. The van der Waals surface area contributed by atoms with Crippen LogP contribution in [0.25, 0.3) is 10.9 Å². The zero-order valence-electron chi connectivity index (χ0n) is 13.5. The van der Waals surface area contributed by atoms with E-state index in [-0.39, 0.29) is 12.6 Å². The molecule has 0 saturated carbocycles. The molecule has 1 aromatic heterocycles. The van der Waals surface area contributed by atoms with E-state index in [4.69, 9.17) is 27.9 Å². The number of fused-ring (bicyclic) bond motifs is 1. The van der Waals surface area contributed by atoms with Gasteiger partial charge in [0.25, 0.3) is 0 Å². The second-order valence-corrected chi connectivity index (χ2v) is 6.65. The maximum Gasteiger partial charge on any atom is 0.302 e. The van der Waals surface area contributed by atoms with E-state index in [2.05, 4.69) is 22.8 Å². The second kappa shape index (κ2) is 6.88. The SMILES string of the molecule is CC(=O)OCc1cn(Cc2ccc(Cl)c(Cl)c2)c2ccc(C)cc12. The van der Waals surface area contributed by atoms with Gasteiger partial charge in [0.15, 0.2) is 0 Å². The topological polar surface area (TPSA) is 31.2 Å². The maximum absolute atomic E-state index is 11.1. The van der Waals surface area contributed by atoms with Crippen LogP contribution in [0.3, 0.4) is 0 Å². The Bertz CT molecular complexity index is 915.